The van der Waals surface area contributed by atoms with Crippen LogP contribution in [0, 0.1) is 11.7 Å². The van der Waals surface area contributed by atoms with Gasteiger partial charge in [-0.15, -0.1) is 11.3 Å². The number of hydrogen-bond acceptors (Lipinski definition) is 4. The van der Waals surface area contributed by atoms with Crippen LogP contribution in [0.4, 0.5) is 15.8 Å². The third-order valence-electron chi connectivity index (χ3n) is 5.06. The van der Waals surface area contributed by atoms with E-state index in [4.69, 9.17) is 0 Å². The van der Waals surface area contributed by atoms with Gasteiger partial charge in [0.05, 0.1) is 16.3 Å². The number of benzene rings is 1. The minimum atomic E-state index is -0.535. The molecular formula is C21H21FN4O2S. The molecule has 1 aliphatic rings. The molecule has 3 N–H and O–H groups in total. The van der Waals surface area contributed by atoms with Gasteiger partial charge in [0.25, 0.3) is 5.91 Å². The summed E-state index contributed by atoms with van der Waals surface area (Å²) in [5, 5.41) is 14.2. The van der Waals surface area contributed by atoms with Crippen LogP contribution in [0.2, 0.25) is 0 Å². The molecule has 4 rings (SSSR count). The van der Waals surface area contributed by atoms with Gasteiger partial charge in [-0.25, -0.2) is 4.39 Å². The number of nitrogens with one attached hydrogen (secondary N) is 3. The number of H-pyrrole nitrogens is 1. The van der Waals surface area contributed by atoms with E-state index < -0.39 is 11.7 Å². The molecule has 2 amide bonds. The Balaban J connectivity index is 1.44. The Morgan fingerprint density at radius 3 is 2.69 bits per heavy atom. The summed E-state index contributed by atoms with van der Waals surface area (Å²) in [6.45, 7) is 0. The first-order valence-electron chi connectivity index (χ1n) is 9.61. The van der Waals surface area contributed by atoms with Gasteiger partial charge in [0, 0.05) is 11.6 Å². The summed E-state index contributed by atoms with van der Waals surface area (Å²) in [6, 6.07) is 9.63. The Morgan fingerprint density at radius 1 is 1.10 bits per heavy atom. The van der Waals surface area contributed by atoms with Crippen LogP contribution in [-0.2, 0) is 4.79 Å². The zero-order chi connectivity index (χ0) is 20.2. The fourth-order valence-electron chi connectivity index (χ4n) is 3.49. The number of carbonyl (C=O) groups excluding carboxylic acids is 2. The average Bonchev–Trinajstić information content (AvgIpc) is 3.43. The van der Waals surface area contributed by atoms with Gasteiger partial charge in [-0.2, -0.15) is 5.10 Å². The Hall–Kier alpha value is -3.00. The zero-order valence-corrected chi connectivity index (χ0v) is 16.5. The van der Waals surface area contributed by atoms with Crippen molar-refractivity contribution < 1.29 is 14.0 Å². The van der Waals surface area contributed by atoms with Crippen molar-refractivity contribution in [3.05, 3.63) is 53.3 Å². The van der Waals surface area contributed by atoms with E-state index in [2.05, 4.69) is 20.8 Å². The molecule has 0 spiro atoms. The number of aromatic amines is 1. The SMILES string of the molecule is O=C(Nc1ccc(F)c(NC(=O)C2CCCCC2)c1)c1cc(-c2cccs2)[nH]n1. The molecular weight excluding hydrogens is 391 g/mol. The molecule has 6 nitrogen and oxygen atoms in total. The third-order valence-corrected chi connectivity index (χ3v) is 5.96. The van der Waals surface area contributed by atoms with Crippen molar-refractivity contribution in [2.45, 2.75) is 32.1 Å². The lowest BCUT2D eigenvalue weighted by atomic mass is 9.88. The second kappa shape index (κ2) is 8.57. The normalized spacial score (nSPS) is 14.5. The van der Waals surface area contributed by atoms with Crippen molar-refractivity contribution in [3.63, 3.8) is 0 Å². The highest BCUT2D eigenvalue weighted by Gasteiger charge is 2.22. The highest BCUT2D eigenvalue weighted by Crippen LogP contribution is 2.27. The molecule has 1 aliphatic carbocycles. The summed E-state index contributed by atoms with van der Waals surface area (Å²) in [4.78, 5) is 25.9. The highest BCUT2D eigenvalue weighted by atomic mass is 32.1. The molecule has 1 aromatic carbocycles. The summed E-state index contributed by atoms with van der Waals surface area (Å²) in [6.07, 6.45) is 4.84. The van der Waals surface area contributed by atoms with E-state index in [0.717, 1.165) is 42.7 Å². The van der Waals surface area contributed by atoms with Crippen LogP contribution in [0.5, 0.6) is 0 Å². The first kappa shape index (κ1) is 19.3. The lowest BCUT2D eigenvalue weighted by Crippen LogP contribution is -2.25. The van der Waals surface area contributed by atoms with Gasteiger partial charge in [0.2, 0.25) is 5.91 Å². The number of nitrogens with zero attached hydrogens (tertiary/aromatic N) is 1. The van der Waals surface area contributed by atoms with E-state index in [-0.39, 0.29) is 23.2 Å². The average molecular weight is 412 g/mol. The largest absolute Gasteiger partial charge is 0.323 e. The van der Waals surface area contributed by atoms with Crippen LogP contribution in [0.1, 0.15) is 42.6 Å². The van der Waals surface area contributed by atoms with Crippen LogP contribution in [0.3, 0.4) is 0 Å². The first-order chi connectivity index (χ1) is 14.1. The van der Waals surface area contributed by atoms with Crippen molar-refractivity contribution in [1.82, 2.24) is 10.2 Å². The minimum absolute atomic E-state index is 0.0691. The smallest absolute Gasteiger partial charge is 0.276 e. The van der Waals surface area contributed by atoms with Crippen LogP contribution >= 0.6 is 11.3 Å². The van der Waals surface area contributed by atoms with Gasteiger partial charge in [-0.05, 0) is 48.6 Å². The van der Waals surface area contributed by atoms with Gasteiger partial charge < -0.3 is 10.6 Å². The van der Waals surface area contributed by atoms with Crippen LogP contribution in [-0.4, -0.2) is 22.0 Å². The molecule has 2 aromatic heterocycles. The predicted octanol–water partition coefficient (Wildman–Crippen LogP) is 5.05. The van der Waals surface area contributed by atoms with E-state index in [0.29, 0.717) is 5.69 Å². The van der Waals surface area contributed by atoms with Gasteiger partial charge >= 0.3 is 0 Å². The molecule has 0 bridgehead atoms. The Bertz CT molecular complexity index is 1010. The number of rotatable bonds is 5. The Morgan fingerprint density at radius 2 is 1.93 bits per heavy atom. The van der Waals surface area contributed by atoms with E-state index in [9.17, 15) is 14.0 Å². The number of amides is 2. The second-order valence-corrected chi connectivity index (χ2v) is 8.06. The van der Waals surface area contributed by atoms with E-state index >= 15 is 0 Å². The summed E-state index contributed by atoms with van der Waals surface area (Å²) < 4.78 is 14.2. The van der Waals surface area contributed by atoms with Gasteiger partial charge in [0.1, 0.15) is 5.82 Å². The predicted molar refractivity (Wildman–Crippen MR) is 111 cm³/mol. The molecule has 0 radical (unpaired) electrons. The van der Waals surface area contributed by atoms with Gasteiger partial charge in [0.15, 0.2) is 5.69 Å². The number of carbonyl (C=O) groups is 2. The van der Waals surface area contributed by atoms with E-state index in [1.54, 1.807) is 17.4 Å². The summed E-state index contributed by atoms with van der Waals surface area (Å²) in [5.41, 5.74) is 1.44. The molecule has 1 fully saturated rings. The molecule has 0 unspecified atom stereocenters. The fraction of sp³-hybridized carbons (Fsp3) is 0.286. The molecule has 8 heteroatoms. The Kier molecular flexibility index (Phi) is 5.71. The lowest BCUT2D eigenvalue weighted by Gasteiger charge is -2.21. The van der Waals surface area contributed by atoms with Crippen molar-refractivity contribution in [1.29, 1.82) is 0 Å². The lowest BCUT2D eigenvalue weighted by molar-refractivity contribution is -0.120. The fourth-order valence-corrected chi connectivity index (χ4v) is 4.18. The topological polar surface area (TPSA) is 86.9 Å². The monoisotopic (exact) mass is 412 g/mol. The number of aromatic nitrogens is 2. The van der Waals surface area contributed by atoms with Gasteiger partial charge in [-0.3, -0.25) is 14.7 Å². The number of anilines is 2. The summed E-state index contributed by atoms with van der Waals surface area (Å²) in [5.74, 6) is -1.20. The van der Waals surface area contributed by atoms with Gasteiger partial charge in [-0.1, -0.05) is 25.3 Å². The molecule has 150 valence electrons. The maximum Gasteiger partial charge on any atom is 0.276 e. The minimum Gasteiger partial charge on any atom is -0.323 e. The maximum absolute atomic E-state index is 14.2. The van der Waals surface area contributed by atoms with Crippen LogP contribution in [0.25, 0.3) is 10.6 Å². The molecule has 0 aliphatic heterocycles. The second-order valence-electron chi connectivity index (χ2n) is 7.12. The van der Waals surface area contributed by atoms with E-state index in [1.807, 2.05) is 17.5 Å². The van der Waals surface area contributed by atoms with Crippen molar-refractivity contribution >= 4 is 34.5 Å². The molecule has 2 heterocycles. The molecule has 0 saturated heterocycles. The highest BCUT2D eigenvalue weighted by molar-refractivity contribution is 7.13. The molecule has 1 saturated carbocycles. The van der Waals surface area contributed by atoms with E-state index in [1.165, 1.54) is 18.2 Å². The number of hydrogen-bond donors (Lipinski definition) is 3. The standard InChI is InChI=1S/C21H21FN4O2S/c22-15-9-8-14(11-16(15)24-20(27)13-5-2-1-3-6-13)23-21(28)18-12-17(25-26-18)19-7-4-10-29-19/h4,7-13H,1-3,5-6H2,(H,23,28)(H,24,27)(H,25,26). The number of halogens is 1. The third kappa shape index (κ3) is 4.54. The molecule has 29 heavy (non-hydrogen) atoms. The zero-order valence-electron chi connectivity index (χ0n) is 15.7. The summed E-state index contributed by atoms with van der Waals surface area (Å²) in [7, 11) is 0. The van der Waals surface area contributed by atoms with Crippen LogP contribution < -0.4 is 10.6 Å². The Labute approximate surface area is 171 Å². The number of thiophene rings is 1. The van der Waals surface area contributed by atoms with Crippen molar-refractivity contribution in [2.75, 3.05) is 10.6 Å². The molecule has 3 aromatic rings. The van der Waals surface area contributed by atoms with Crippen molar-refractivity contribution in [2.24, 2.45) is 5.92 Å². The first-order valence-corrected chi connectivity index (χ1v) is 10.5. The van der Waals surface area contributed by atoms with Crippen LogP contribution in [0.15, 0.2) is 41.8 Å². The summed E-state index contributed by atoms with van der Waals surface area (Å²) >= 11 is 1.54. The molecule has 0 atom stereocenters. The van der Waals surface area contributed by atoms with Crippen molar-refractivity contribution in [3.8, 4) is 10.6 Å². The maximum atomic E-state index is 14.2. The quantitative estimate of drug-likeness (QED) is 0.548.